The van der Waals surface area contributed by atoms with E-state index in [1.54, 1.807) is 12.1 Å². The van der Waals surface area contributed by atoms with Crippen LogP contribution < -0.4 is 15.4 Å². The fourth-order valence-corrected chi connectivity index (χ4v) is 5.00. The van der Waals surface area contributed by atoms with Gasteiger partial charge in [-0.05, 0) is 43.5 Å². The van der Waals surface area contributed by atoms with Crippen LogP contribution in [0.1, 0.15) is 59.2 Å². The number of rotatable bonds is 21. The summed E-state index contributed by atoms with van der Waals surface area (Å²) in [5.74, 6) is -1.87. The molecule has 1 unspecified atom stereocenters. The van der Waals surface area contributed by atoms with Crippen molar-refractivity contribution in [1.29, 1.82) is 0 Å². The highest BCUT2D eigenvalue weighted by molar-refractivity contribution is 6.26. The monoisotopic (exact) mass is 639 g/mol. The molecule has 0 aromatic heterocycles. The molecular weight excluding hydrogens is 598 g/mol. The topological polar surface area (TPSA) is 159 Å². The molecule has 1 atom stereocenters. The minimum atomic E-state index is -1.07. The molecule has 2 N–H and O–H groups in total. The molecule has 0 radical (unpaired) electrons. The summed E-state index contributed by atoms with van der Waals surface area (Å²) in [7, 11) is 0. The molecule has 46 heavy (non-hydrogen) atoms. The maximum absolute atomic E-state index is 13.1. The summed E-state index contributed by atoms with van der Waals surface area (Å²) in [6.45, 7) is 4.37. The smallest absolute Gasteiger partial charge is 0.264 e. The van der Waals surface area contributed by atoms with Crippen LogP contribution in [0.3, 0.4) is 0 Å². The van der Waals surface area contributed by atoms with Crippen molar-refractivity contribution in [2.24, 2.45) is 0 Å². The molecule has 13 nitrogen and oxygen atoms in total. The SMILES string of the molecule is O=C1CCC(N2C(=O)c3cccc(NC(=O)CCCCCOCCOCCOCCOCCOc4ccccc4)c3C2=O)C(=O)N1. The largest absolute Gasteiger partial charge is 0.491 e. The lowest BCUT2D eigenvalue weighted by Crippen LogP contribution is -2.54. The van der Waals surface area contributed by atoms with Crippen LogP contribution in [0.2, 0.25) is 0 Å². The van der Waals surface area contributed by atoms with E-state index in [0.29, 0.717) is 65.9 Å². The molecule has 13 heteroatoms. The molecule has 2 heterocycles. The van der Waals surface area contributed by atoms with Crippen molar-refractivity contribution < 1.29 is 47.7 Å². The van der Waals surface area contributed by atoms with Crippen molar-refractivity contribution in [3.63, 3.8) is 0 Å². The molecule has 5 amide bonds. The number of carbonyl (C=O) groups is 5. The first-order chi connectivity index (χ1) is 22.5. The Balaban J connectivity index is 0.982. The fourth-order valence-electron chi connectivity index (χ4n) is 5.00. The lowest BCUT2D eigenvalue weighted by Gasteiger charge is -2.27. The van der Waals surface area contributed by atoms with E-state index in [2.05, 4.69) is 10.6 Å². The predicted molar refractivity (Wildman–Crippen MR) is 165 cm³/mol. The van der Waals surface area contributed by atoms with E-state index in [-0.39, 0.29) is 42.0 Å². The summed E-state index contributed by atoms with van der Waals surface area (Å²) < 4.78 is 27.6. The van der Waals surface area contributed by atoms with Gasteiger partial charge in [-0.2, -0.15) is 0 Å². The standard InChI is InChI=1S/C33H41N3O10/c37-28(34-26-11-7-10-25-30(26)33(41)36(32(25)40)27-13-14-29(38)35-31(27)39)12-5-2-6-15-42-16-17-43-18-19-44-20-21-45-22-23-46-24-8-3-1-4-9-24/h1,3-4,7-11,27H,2,5-6,12-23H2,(H,34,37)(H,35,38,39). The Kier molecular flexibility index (Phi) is 14.1. The summed E-state index contributed by atoms with van der Waals surface area (Å²) >= 11 is 0. The van der Waals surface area contributed by atoms with E-state index >= 15 is 0 Å². The Labute approximate surface area is 267 Å². The van der Waals surface area contributed by atoms with Gasteiger partial charge in [0.15, 0.2) is 0 Å². The number of para-hydroxylation sites is 1. The third-order valence-corrected chi connectivity index (χ3v) is 7.29. The summed E-state index contributed by atoms with van der Waals surface area (Å²) in [6, 6.07) is 13.1. The third kappa shape index (κ3) is 10.4. The van der Waals surface area contributed by atoms with Gasteiger partial charge in [0.2, 0.25) is 17.7 Å². The van der Waals surface area contributed by atoms with Gasteiger partial charge < -0.3 is 29.0 Å². The number of piperidine rings is 1. The zero-order valence-corrected chi connectivity index (χ0v) is 25.8. The molecule has 2 aliphatic rings. The van der Waals surface area contributed by atoms with Crippen molar-refractivity contribution in [2.45, 2.75) is 44.6 Å². The van der Waals surface area contributed by atoms with Crippen LogP contribution in [-0.4, -0.2) is 99.9 Å². The number of nitrogens with one attached hydrogen (secondary N) is 2. The Morgan fingerprint density at radius 2 is 1.39 bits per heavy atom. The van der Waals surface area contributed by atoms with Gasteiger partial charge in [-0.25, -0.2) is 0 Å². The Morgan fingerprint density at radius 3 is 2.07 bits per heavy atom. The van der Waals surface area contributed by atoms with Crippen molar-refractivity contribution in [2.75, 3.05) is 64.8 Å². The number of benzene rings is 2. The maximum atomic E-state index is 13.1. The highest BCUT2D eigenvalue weighted by Gasteiger charge is 2.45. The lowest BCUT2D eigenvalue weighted by atomic mass is 10.0. The van der Waals surface area contributed by atoms with Crippen molar-refractivity contribution in [1.82, 2.24) is 10.2 Å². The van der Waals surface area contributed by atoms with Crippen LogP contribution in [0.4, 0.5) is 5.69 Å². The predicted octanol–water partition coefficient (Wildman–Crippen LogP) is 2.73. The third-order valence-electron chi connectivity index (χ3n) is 7.29. The van der Waals surface area contributed by atoms with Gasteiger partial charge in [0.05, 0.1) is 63.1 Å². The Morgan fingerprint density at radius 1 is 0.739 bits per heavy atom. The second-order valence-corrected chi connectivity index (χ2v) is 10.6. The number of unbranched alkanes of at least 4 members (excludes halogenated alkanes) is 2. The number of anilines is 1. The van der Waals surface area contributed by atoms with Gasteiger partial charge in [0.1, 0.15) is 18.4 Å². The van der Waals surface area contributed by atoms with Gasteiger partial charge in [0.25, 0.3) is 11.8 Å². The number of hydrogen-bond acceptors (Lipinski definition) is 10. The van der Waals surface area contributed by atoms with Crippen LogP contribution in [0.25, 0.3) is 0 Å². The number of nitrogens with zero attached hydrogens (tertiary/aromatic N) is 1. The highest BCUT2D eigenvalue weighted by atomic mass is 16.6. The highest BCUT2D eigenvalue weighted by Crippen LogP contribution is 2.32. The summed E-state index contributed by atoms with van der Waals surface area (Å²) in [4.78, 5) is 63.3. The van der Waals surface area contributed by atoms with E-state index in [4.69, 9.17) is 23.7 Å². The zero-order chi connectivity index (χ0) is 32.6. The van der Waals surface area contributed by atoms with Gasteiger partial charge in [-0.3, -0.25) is 34.2 Å². The summed E-state index contributed by atoms with van der Waals surface area (Å²) in [6.07, 6.45) is 2.51. The second-order valence-electron chi connectivity index (χ2n) is 10.6. The van der Waals surface area contributed by atoms with Crippen LogP contribution in [-0.2, 0) is 33.3 Å². The normalized spacial score (nSPS) is 16.0. The number of fused-ring (bicyclic) bond motifs is 1. The molecule has 2 aliphatic heterocycles. The van der Waals surface area contributed by atoms with E-state index in [9.17, 15) is 24.0 Å². The molecule has 0 bridgehead atoms. The fraction of sp³-hybridized carbons (Fsp3) is 0.485. The molecule has 1 saturated heterocycles. The molecule has 4 rings (SSSR count). The van der Waals surface area contributed by atoms with Gasteiger partial charge >= 0.3 is 0 Å². The Bertz CT molecular complexity index is 1340. The summed E-state index contributed by atoms with van der Waals surface area (Å²) in [5, 5.41) is 4.90. The minimum Gasteiger partial charge on any atom is -0.491 e. The van der Waals surface area contributed by atoms with Crippen molar-refractivity contribution in [3.8, 4) is 5.75 Å². The molecular formula is C33H41N3O10. The van der Waals surface area contributed by atoms with Crippen molar-refractivity contribution in [3.05, 3.63) is 59.7 Å². The number of amides is 5. The maximum Gasteiger partial charge on any atom is 0.264 e. The van der Waals surface area contributed by atoms with E-state index < -0.39 is 29.7 Å². The molecule has 1 fully saturated rings. The van der Waals surface area contributed by atoms with E-state index in [0.717, 1.165) is 23.5 Å². The molecule has 0 aliphatic carbocycles. The first-order valence-electron chi connectivity index (χ1n) is 15.6. The zero-order valence-electron chi connectivity index (χ0n) is 25.8. The minimum absolute atomic E-state index is 0.0341. The molecule has 0 saturated carbocycles. The molecule has 248 valence electrons. The summed E-state index contributed by atoms with van der Waals surface area (Å²) in [5.41, 5.74) is 0.400. The van der Waals surface area contributed by atoms with Crippen LogP contribution in [0.15, 0.2) is 48.5 Å². The first kappa shape index (κ1) is 34.7. The van der Waals surface area contributed by atoms with E-state index in [1.807, 2.05) is 30.3 Å². The van der Waals surface area contributed by atoms with Gasteiger partial charge in [0, 0.05) is 19.4 Å². The molecule has 2 aromatic carbocycles. The average Bonchev–Trinajstić information content (AvgIpc) is 3.30. The quantitative estimate of drug-likeness (QED) is 0.154. The molecule has 2 aromatic rings. The lowest BCUT2D eigenvalue weighted by molar-refractivity contribution is -0.136. The number of carbonyl (C=O) groups excluding carboxylic acids is 5. The van der Waals surface area contributed by atoms with Gasteiger partial charge in [-0.1, -0.05) is 30.7 Å². The Hall–Kier alpha value is -4.17. The number of imide groups is 2. The number of hydrogen-bond donors (Lipinski definition) is 2. The number of ether oxygens (including phenoxy) is 5. The van der Waals surface area contributed by atoms with Crippen molar-refractivity contribution >= 4 is 35.2 Å². The van der Waals surface area contributed by atoms with Crippen LogP contribution in [0.5, 0.6) is 5.75 Å². The van der Waals surface area contributed by atoms with Gasteiger partial charge in [-0.15, -0.1) is 0 Å². The molecule has 0 spiro atoms. The first-order valence-corrected chi connectivity index (χ1v) is 15.6. The van der Waals surface area contributed by atoms with Crippen LogP contribution >= 0.6 is 0 Å². The van der Waals surface area contributed by atoms with E-state index in [1.165, 1.54) is 6.07 Å². The second kappa shape index (κ2) is 18.7. The van der Waals surface area contributed by atoms with Crippen LogP contribution in [0, 0.1) is 0 Å². The average molecular weight is 640 g/mol.